The van der Waals surface area contributed by atoms with E-state index in [4.69, 9.17) is 4.98 Å². The van der Waals surface area contributed by atoms with E-state index in [0.717, 1.165) is 25.1 Å². The van der Waals surface area contributed by atoms with Gasteiger partial charge in [-0.25, -0.2) is 4.98 Å². The Kier molecular flexibility index (Phi) is 2.97. The molecule has 4 heteroatoms. The van der Waals surface area contributed by atoms with E-state index in [9.17, 15) is 5.11 Å². The average molecular weight is 252 g/mol. The number of aromatic nitrogens is 1. The van der Waals surface area contributed by atoms with Crippen molar-refractivity contribution in [2.75, 3.05) is 26.7 Å². The quantitative estimate of drug-likeness (QED) is 0.893. The number of aliphatic hydroxyl groups is 1. The van der Waals surface area contributed by atoms with Crippen LogP contribution in [-0.2, 0) is 5.41 Å². The zero-order valence-corrected chi connectivity index (χ0v) is 11.2. The summed E-state index contributed by atoms with van der Waals surface area (Å²) in [6.07, 6.45) is 4.68. The van der Waals surface area contributed by atoms with Crippen LogP contribution in [0.3, 0.4) is 0 Å². The van der Waals surface area contributed by atoms with Gasteiger partial charge in [0.05, 0.1) is 17.3 Å². The van der Waals surface area contributed by atoms with Crippen LogP contribution < -0.4 is 0 Å². The lowest BCUT2D eigenvalue weighted by atomic mass is 9.67. The molecule has 2 heterocycles. The fourth-order valence-corrected chi connectivity index (χ4v) is 4.03. The van der Waals surface area contributed by atoms with Gasteiger partial charge in [0, 0.05) is 23.3 Å². The molecule has 1 atom stereocenters. The van der Waals surface area contributed by atoms with Gasteiger partial charge in [-0.1, -0.05) is 6.42 Å². The monoisotopic (exact) mass is 252 g/mol. The van der Waals surface area contributed by atoms with Gasteiger partial charge in [0.2, 0.25) is 0 Å². The first kappa shape index (κ1) is 11.6. The van der Waals surface area contributed by atoms with E-state index in [0.29, 0.717) is 5.92 Å². The molecule has 1 saturated heterocycles. The number of rotatable bonds is 3. The molecule has 1 aliphatic heterocycles. The van der Waals surface area contributed by atoms with E-state index >= 15 is 0 Å². The van der Waals surface area contributed by atoms with Crippen LogP contribution in [-0.4, -0.2) is 41.7 Å². The third kappa shape index (κ3) is 1.92. The highest BCUT2D eigenvalue weighted by molar-refractivity contribution is 7.09. The van der Waals surface area contributed by atoms with E-state index in [-0.39, 0.29) is 12.0 Å². The molecule has 0 bridgehead atoms. The van der Waals surface area contributed by atoms with Gasteiger partial charge in [-0.05, 0) is 32.9 Å². The van der Waals surface area contributed by atoms with Crippen LogP contribution in [0.4, 0.5) is 0 Å². The number of aliphatic hydroxyl groups excluding tert-OH is 1. The maximum Gasteiger partial charge on any atom is 0.0972 e. The molecule has 0 amide bonds. The molecule has 1 N–H and O–H groups in total. The predicted octanol–water partition coefficient (Wildman–Crippen LogP) is 1.98. The van der Waals surface area contributed by atoms with Crippen LogP contribution in [0, 0.1) is 0 Å². The summed E-state index contributed by atoms with van der Waals surface area (Å²) in [4.78, 5) is 7.20. The van der Waals surface area contributed by atoms with Crippen LogP contribution in [0.1, 0.15) is 42.3 Å². The zero-order chi connectivity index (χ0) is 11.9. The lowest BCUT2D eigenvalue weighted by Crippen LogP contribution is -2.38. The Hall–Kier alpha value is -0.450. The van der Waals surface area contributed by atoms with Gasteiger partial charge in [-0.2, -0.15) is 0 Å². The topological polar surface area (TPSA) is 36.4 Å². The molecule has 3 nitrogen and oxygen atoms in total. The van der Waals surface area contributed by atoms with Crippen molar-refractivity contribution in [1.29, 1.82) is 0 Å². The summed E-state index contributed by atoms with van der Waals surface area (Å²) in [6.45, 7) is 2.59. The summed E-state index contributed by atoms with van der Waals surface area (Å²) >= 11 is 1.79. The maximum absolute atomic E-state index is 9.56. The van der Waals surface area contributed by atoms with E-state index in [1.807, 2.05) is 0 Å². The van der Waals surface area contributed by atoms with Gasteiger partial charge in [0.15, 0.2) is 0 Å². The fourth-order valence-electron chi connectivity index (χ4n) is 2.95. The molecular weight excluding hydrogens is 232 g/mol. The standard InChI is InChI=1S/C13H20N2OS/c1-15-6-3-10(7-15)12-14-11(8-17-12)13(9-16)4-2-5-13/h8,10,16H,2-7,9H2,1H3. The highest BCUT2D eigenvalue weighted by Crippen LogP contribution is 2.44. The molecule has 1 aliphatic carbocycles. The van der Waals surface area contributed by atoms with Crippen molar-refractivity contribution in [2.45, 2.75) is 37.0 Å². The second kappa shape index (κ2) is 4.34. The van der Waals surface area contributed by atoms with Crippen LogP contribution in [0.2, 0.25) is 0 Å². The summed E-state index contributed by atoms with van der Waals surface area (Å²) in [5, 5.41) is 13.0. The van der Waals surface area contributed by atoms with Crippen molar-refractivity contribution < 1.29 is 5.11 Å². The number of hydrogen-bond donors (Lipinski definition) is 1. The molecule has 1 saturated carbocycles. The first-order chi connectivity index (χ1) is 8.23. The summed E-state index contributed by atoms with van der Waals surface area (Å²) in [7, 11) is 2.18. The van der Waals surface area contributed by atoms with E-state index in [1.165, 1.54) is 24.4 Å². The Morgan fingerprint density at radius 2 is 2.41 bits per heavy atom. The Balaban J connectivity index is 1.78. The summed E-state index contributed by atoms with van der Waals surface area (Å²) in [5.41, 5.74) is 1.17. The molecule has 2 fully saturated rings. The van der Waals surface area contributed by atoms with E-state index < -0.39 is 0 Å². The van der Waals surface area contributed by atoms with Crippen molar-refractivity contribution in [3.63, 3.8) is 0 Å². The van der Waals surface area contributed by atoms with Crippen LogP contribution in [0.5, 0.6) is 0 Å². The minimum absolute atomic E-state index is 0.0132. The molecule has 1 aromatic rings. The SMILES string of the molecule is CN1CCC(c2nc(C3(CO)CCC3)cs2)C1. The lowest BCUT2D eigenvalue weighted by Gasteiger charge is -2.38. The first-order valence-corrected chi connectivity index (χ1v) is 7.37. The third-order valence-electron chi connectivity index (χ3n) is 4.42. The fraction of sp³-hybridized carbons (Fsp3) is 0.769. The van der Waals surface area contributed by atoms with Crippen molar-refractivity contribution in [3.8, 4) is 0 Å². The highest BCUT2D eigenvalue weighted by atomic mass is 32.1. The minimum Gasteiger partial charge on any atom is -0.395 e. The van der Waals surface area contributed by atoms with Crippen LogP contribution >= 0.6 is 11.3 Å². The van der Waals surface area contributed by atoms with Gasteiger partial charge in [0.1, 0.15) is 0 Å². The Morgan fingerprint density at radius 1 is 1.59 bits per heavy atom. The van der Waals surface area contributed by atoms with Crippen LogP contribution in [0.25, 0.3) is 0 Å². The summed E-state index contributed by atoms with van der Waals surface area (Å²) in [5.74, 6) is 0.620. The second-order valence-electron chi connectivity index (χ2n) is 5.61. The molecule has 0 spiro atoms. The maximum atomic E-state index is 9.56. The predicted molar refractivity (Wildman–Crippen MR) is 69.6 cm³/mol. The van der Waals surface area contributed by atoms with Gasteiger partial charge in [0.25, 0.3) is 0 Å². The van der Waals surface area contributed by atoms with Crippen molar-refractivity contribution >= 4 is 11.3 Å². The molecule has 0 aromatic carbocycles. The largest absolute Gasteiger partial charge is 0.395 e. The molecular formula is C13H20N2OS. The van der Waals surface area contributed by atoms with E-state index in [1.54, 1.807) is 11.3 Å². The summed E-state index contributed by atoms with van der Waals surface area (Å²) < 4.78 is 0. The van der Waals surface area contributed by atoms with Crippen LogP contribution in [0.15, 0.2) is 5.38 Å². The Bertz CT molecular complexity index is 394. The number of nitrogens with zero attached hydrogens (tertiary/aromatic N) is 2. The van der Waals surface area contributed by atoms with Gasteiger partial charge in [-0.3, -0.25) is 0 Å². The normalized spacial score (nSPS) is 28.2. The van der Waals surface area contributed by atoms with Gasteiger partial charge >= 0.3 is 0 Å². The highest BCUT2D eigenvalue weighted by Gasteiger charge is 2.40. The van der Waals surface area contributed by atoms with Crippen molar-refractivity contribution in [2.24, 2.45) is 0 Å². The smallest absolute Gasteiger partial charge is 0.0972 e. The van der Waals surface area contributed by atoms with Gasteiger partial charge in [-0.15, -0.1) is 11.3 Å². The number of likely N-dealkylation sites (N-methyl/N-ethyl adjacent to an activating group) is 1. The van der Waals surface area contributed by atoms with Gasteiger partial charge < -0.3 is 10.0 Å². The lowest BCUT2D eigenvalue weighted by molar-refractivity contribution is 0.117. The molecule has 3 rings (SSSR count). The molecule has 0 radical (unpaired) electrons. The van der Waals surface area contributed by atoms with Crippen molar-refractivity contribution in [3.05, 3.63) is 16.1 Å². The third-order valence-corrected chi connectivity index (χ3v) is 5.43. The molecule has 1 aromatic heterocycles. The average Bonchev–Trinajstić information content (AvgIpc) is 2.86. The number of likely N-dealkylation sites (tertiary alicyclic amines) is 1. The Labute approximate surface area is 106 Å². The number of hydrogen-bond acceptors (Lipinski definition) is 4. The van der Waals surface area contributed by atoms with Crippen molar-refractivity contribution in [1.82, 2.24) is 9.88 Å². The van der Waals surface area contributed by atoms with E-state index in [2.05, 4.69) is 17.3 Å². The molecule has 17 heavy (non-hydrogen) atoms. The number of thiazole rings is 1. The molecule has 2 aliphatic rings. The molecule has 1 unspecified atom stereocenters. The summed E-state index contributed by atoms with van der Waals surface area (Å²) in [6, 6.07) is 0. The zero-order valence-electron chi connectivity index (χ0n) is 10.4. The first-order valence-electron chi connectivity index (χ1n) is 6.49. The molecule has 94 valence electrons. The minimum atomic E-state index is 0.0132. The Morgan fingerprint density at radius 3 is 2.94 bits per heavy atom. The second-order valence-corrected chi connectivity index (χ2v) is 6.50.